The standard InChI is InChI=1S/C14H24N2O/c1-11-9-13(16-17-11)10-15-12-5-4-7-14(2,3)8-6-12/h9,12,15H,4-8,10H2,1-3H3. The molecule has 96 valence electrons. The highest BCUT2D eigenvalue weighted by molar-refractivity contribution is 5.03. The van der Waals surface area contributed by atoms with Crippen LogP contribution in [0.5, 0.6) is 0 Å². The van der Waals surface area contributed by atoms with Crippen LogP contribution in [0.15, 0.2) is 10.6 Å². The molecule has 0 spiro atoms. The van der Waals surface area contributed by atoms with Gasteiger partial charge in [-0.05, 0) is 38.0 Å². The van der Waals surface area contributed by atoms with Gasteiger partial charge in [-0.2, -0.15) is 0 Å². The molecule has 0 saturated heterocycles. The Morgan fingerprint density at radius 1 is 1.41 bits per heavy atom. The molecule has 3 nitrogen and oxygen atoms in total. The molecule has 1 N–H and O–H groups in total. The summed E-state index contributed by atoms with van der Waals surface area (Å²) in [5.41, 5.74) is 1.55. The van der Waals surface area contributed by atoms with Gasteiger partial charge in [-0.15, -0.1) is 0 Å². The molecule has 1 atom stereocenters. The molecule has 1 aromatic heterocycles. The van der Waals surface area contributed by atoms with E-state index in [-0.39, 0.29) is 0 Å². The third-order valence-electron chi connectivity index (χ3n) is 3.82. The molecule has 1 aliphatic rings. The van der Waals surface area contributed by atoms with E-state index in [0.717, 1.165) is 18.0 Å². The normalized spacial score (nSPS) is 24.5. The Morgan fingerprint density at radius 3 is 2.94 bits per heavy atom. The summed E-state index contributed by atoms with van der Waals surface area (Å²) in [6.07, 6.45) is 6.59. The molecule has 1 fully saturated rings. The second-order valence-electron chi connectivity index (χ2n) is 6.10. The van der Waals surface area contributed by atoms with Gasteiger partial charge in [-0.25, -0.2) is 0 Å². The number of aryl methyl sites for hydroxylation is 1. The van der Waals surface area contributed by atoms with Crippen LogP contribution in [0.25, 0.3) is 0 Å². The van der Waals surface area contributed by atoms with E-state index in [9.17, 15) is 0 Å². The third kappa shape index (κ3) is 3.84. The summed E-state index contributed by atoms with van der Waals surface area (Å²) >= 11 is 0. The number of rotatable bonds is 3. The van der Waals surface area contributed by atoms with Gasteiger partial charge in [0, 0.05) is 18.7 Å². The molecule has 1 unspecified atom stereocenters. The van der Waals surface area contributed by atoms with Gasteiger partial charge in [0.2, 0.25) is 0 Å². The van der Waals surface area contributed by atoms with Gasteiger partial charge >= 0.3 is 0 Å². The quantitative estimate of drug-likeness (QED) is 0.817. The van der Waals surface area contributed by atoms with E-state index in [0.29, 0.717) is 11.5 Å². The number of hydrogen-bond donors (Lipinski definition) is 1. The summed E-state index contributed by atoms with van der Waals surface area (Å²) in [7, 11) is 0. The molecule has 1 aromatic rings. The first-order chi connectivity index (χ1) is 8.05. The molecule has 0 bridgehead atoms. The maximum atomic E-state index is 5.07. The summed E-state index contributed by atoms with van der Waals surface area (Å²) in [5.74, 6) is 0.892. The molecular weight excluding hydrogens is 212 g/mol. The minimum absolute atomic E-state index is 0.529. The molecular formula is C14H24N2O. The Bertz CT molecular complexity index is 357. The SMILES string of the molecule is Cc1cc(CNC2CCCC(C)(C)CC2)no1. The summed E-state index contributed by atoms with van der Waals surface area (Å²) in [6, 6.07) is 2.65. The lowest BCUT2D eigenvalue weighted by Crippen LogP contribution is -2.28. The molecule has 0 aromatic carbocycles. The number of nitrogens with one attached hydrogen (secondary N) is 1. The molecule has 1 saturated carbocycles. The van der Waals surface area contributed by atoms with Crippen molar-refractivity contribution in [1.29, 1.82) is 0 Å². The van der Waals surface area contributed by atoms with Crippen molar-refractivity contribution in [1.82, 2.24) is 10.5 Å². The van der Waals surface area contributed by atoms with Crippen LogP contribution in [0, 0.1) is 12.3 Å². The van der Waals surface area contributed by atoms with E-state index in [1.807, 2.05) is 13.0 Å². The van der Waals surface area contributed by atoms with Crippen molar-refractivity contribution in [2.24, 2.45) is 5.41 Å². The summed E-state index contributed by atoms with van der Waals surface area (Å²) in [4.78, 5) is 0. The van der Waals surface area contributed by atoms with Gasteiger partial charge in [-0.1, -0.05) is 25.4 Å². The fourth-order valence-electron chi connectivity index (χ4n) is 2.62. The van der Waals surface area contributed by atoms with E-state index in [2.05, 4.69) is 24.3 Å². The lowest BCUT2D eigenvalue weighted by molar-refractivity contribution is 0.309. The van der Waals surface area contributed by atoms with Crippen LogP contribution in [0.1, 0.15) is 57.4 Å². The highest BCUT2D eigenvalue weighted by Gasteiger charge is 2.24. The van der Waals surface area contributed by atoms with Crippen molar-refractivity contribution in [3.8, 4) is 0 Å². The summed E-state index contributed by atoms with van der Waals surface area (Å²) in [6.45, 7) is 7.54. The summed E-state index contributed by atoms with van der Waals surface area (Å²) < 4.78 is 5.07. The third-order valence-corrected chi connectivity index (χ3v) is 3.82. The van der Waals surface area contributed by atoms with Gasteiger partial charge in [0.15, 0.2) is 0 Å². The van der Waals surface area contributed by atoms with E-state index >= 15 is 0 Å². The van der Waals surface area contributed by atoms with Crippen LogP contribution in [-0.4, -0.2) is 11.2 Å². The lowest BCUT2D eigenvalue weighted by Gasteiger charge is -2.22. The average Bonchev–Trinajstić information content (AvgIpc) is 2.59. The van der Waals surface area contributed by atoms with Crippen LogP contribution in [0.4, 0.5) is 0 Å². The Hall–Kier alpha value is -0.830. The fourth-order valence-corrected chi connectivity index (χ4v) is 2.62. The largest absolute Gasteiger partial charge is 0.361 e. The second-order valence-corrected chi connectivity index (χ2v) is 6.10. The van der Waals surface area contributed by atoms with Crippen molar-refractivity contribution < 1.29 is 4.52 Å². The van der Waals surface area contributed by atoms with Crippen molar-refractivity contribution >= 4 is 0 Å². The van der Waals surface area contributed by atoms with Crippen molar-refractivity contribution in [2.75, 3.05) is 0 Å². The van der Waals surface area contributed by atoms with E-state index in [1.165, 1.54) is 32.1 Å². The molecule has 0 amide bonds. The van der Waals surface area contributed by atoms with Crippen LogP contribution in [0.2, 0.25) is 0 Å². The van der Waals surface area contributed by atoms with Gasteiger partial charge in [0.05, 0.1) is 5.69 Å². The smallest absolute Gasteiger partial charge is 0.133 e. The average molecular weight is 236 g/mol. The van der Waals surface area contributed by atoms with E-state index < -0.39 is 0 Å². The fraction of sp³-hybridized carbons (Fsp3) is 0.786. The first-order valence-corrected chi connectivity index (χ1v) is 6.71. The number of hydrogen-bond acceptors (Lipinski definition) is 3. The molecule has 17 heavy (non-hydrogen) atoms. The summed E-state index contributed by atoms with van der Waals surface area (Å²) in [5, 5.41) is 7.62. The zero-order chi connectivity index (χ0) is 12.3. The predicted molar refractivity (Wildman–Crippen MR) is 68.7 cm³/mol. The second kappa shape index (κ2) is 5.21. The highest BCUT2D eigenvalue weighted by Crippen LogP contribution is 2.33. The minimum atomic E-state index is 0.529. The van der Waals surface area contributed by atoms with Gasteiger partial charge in [-0.3, -0.25) is 0 Å². The number of nitrogens with zero attached hydrogens (tertiary/aromatic N) is 1. The Morgan fingerprint density at radius 2 is 2.24 bits per heavy atom. The maximum absolute atomic E-state index is 5.07. The molecule has 1 aliphatic carbocycles. The monoisotopic (exact) mass is 236 g/mol. The number of aromatic nitrogens is 1. The zero-order valence-corrected chi connectivity index (χ0v) is 11.3. The van der Waals surface area contributed by atoms with E-state index in [4.69, 9.17) is 4.52 Å². The van der Waals surface area contributed by atoms with Crippen LogP contribution in [0.3, 0.4) is 0 Å². The van der Waals surface area contributed by atoms with Crippen LogP contribution in [-0.2, 0) is 6.54 Å². The molecule has 1 heterocycles. The van der Waals surface area contributed by atoms with Crippen LogP contribution < -0.4 is 5.32 Å². The first-order valence-electron chi connectivity index (χ1n) is 6.71. The maximum Gasteiger partial charge on any atom is 0.133 e. The zero-order valence-electron chi connectivity index (χ0n) is 11.3. The van der Waals surface area contributed by atoms with Crippen LogP contribution >= 0.6 is 0 Å². The van der Waals surface area contributed by atoms with Gasteiger partial charge < -0.3 is 9.84 Å². The lowest BCUT2D eigenvalue weighted by atomic mass is 9.85. The minimum Gasteiger partial charge on any atom is -0.361 e. The molecule has 0 radical (unpaired) electrons. The molecule has 0 aliphatic heterocycles. The first kappa shape index (κ1) is 12.6. The topological polar surface area (TPSA) is 38.1 Å². The Kier molecular flexibility index (Phi) is 3.87. The van der Waals surface area contributed by atoms with E-state index in [1.54, 1.807) is 0 Å². The van der Waals surface area contributed by atoms with Gasteiger partial charge in [0.25, 0.3) is 0 Å². The molecule has 3 heteroatoms. The Labute approximate surface area is 104 Å². The van der Waals surface area contributed by atoms with Crippen molar-refractivity contribution in [3.05, 3.63) is 17.5 Å². The highest BCUT2D eigenvalue weighted by atomic mass is 16.5. The van der Waals surface area contributed by atoms with Crippen molar-refractivity contribution in [2.45, 2.75) is 65.5 Å². The molecule has 2 rings (SSSR count). The van der Waals surface area contributed by atoms with Crippen molar-refractivity contribution in [3.63, 3.8) is 0 Å². The predicted octanol–water partition coefficient (Wildman–Crippen LogP) is 3.43. The Balaban J connectivity index is 1.79. The van der Waals surface area contributed by atoms with Gasteiger partial charge in [0.1, 0.15) is 5.76 Å².